The zero-order chi connectivity index (χ0) is 14.1. The Bertz CT molecular complexity index is 366. The zero-order valence-corrected chi connectivity index (χ0v) is 12.7. The molecule has 0 aliphatic heterocycles. The van der Waals surface area contributed by atoms with Crippen molar-refractivity contribution < 1.29 is 9.47 Å². The van der Waals surface area contributed by atoms with Crippen molar-refractivity contribution in [3.8, 4) is 0 Å². The highest BCUT2D eigenvalue weighted by Crippen LogP contribution is 2.22. The number of aryl methyl sites for hydroxylation is 2. The van der Waals surface area contributed by atoms with Gasteiger partial charge in [-0.05, 0) is 37.9 Å². The van der Waals surface area contributed by atoms with Crippen LogP contribution in [-0.2, 0) is 9.47 Å². The van der Waals surface area contributed by atoms with Crippen molar-refractivity contribution in [2.45, 2.75) is 33.2 Å². The predicted octanol–water partition coefficient (Wildman–Crippen LogP) is 3.01. The van der Waals surface area contributed by atoms with Crippen molar-refractivity contribution >= 4 is 0 Å². The second kappa shape index (κ2) is 9.08. The van der Waals surface area contributed by atoms with Crippen LogP contribution >= 0.6 is 0 Å². The van der Waals surface area contributed by atoms with Crippen LogP contribution in [0.1, 0.15) is 36.1 Å². The van der Waals surface area contributed by atoms with Gasteiger partial charge in [0.25, 0.3) is 0 Å². The Hall–Kier alpha value is -0.900. The maximum absolute atomic E-state index is 5.58. The van der Waals surface area contributed by atoms with Gasteiger partial charge in [-0.15, -0.1) is 0 Å². The number of nitrogens with one attached hydrogen (secondary N) is 1. The van der Waals surface area contributed by atoms with Crippen LogP contribution in [0.3, 0.4) is 0 Å². The molecule has 0 amide bonds. The third kappa shape index (κ3) is 5.72. The Morgan fingerprint density at radius 2 is 1.95 bits per heavy atom. The average molecular weight is 265 g/mol. The smallest absolute Gasteiger partial charge is 0.0700 e. The minimum absolute atomic E-state index is 0.368. The average Bonchev–Trinajstić information content (AvgIpc) is 2.40. The van der Waals surface area contributed by atoms with Gasteiger partial charge >= 0.3 is 0 Å². The fraction of sp³-hybridized carbons (Fsp3) is 0.625. The van der Waals surface area contributed by atoms with E-state index in [0.717, 1.165) is 19.6 Å². The number of hydrogen-bond donors (Lipinski definition) is 1. The van der Waals surface area contributed by atoms with Crippen LogP contribution in [-0.4, -0.2) is 33.5 Å². The molecular weight excluding hydrogens is 238 g/mol. The summed E-state index contributed by atoms with van der Waals surface area (Å²) in [6.45, 7) is 9.51. The van der Waals surface area contributed by atoms with Gasteiger partial charge < -0.3 is 14.8 Å². The largest absolute Gasteiger partial charge is 0.382 e. The van der Waals surface area contributed by atoms with Gasteiger partial charge in [-0.25, -0.2) is 0 Å². The second-order valence-corrected chi connectivity index (χ2v) is 4.86. The summed E-state index contributed by atoms with van der Waals surface area (Å²) >= 11 is 0. The molecule has 1 aromatic carbocycles. The van der Waals surface area contributed by atoms with E-state index in [1.54, 1.807) is 7.11 Å². The summed E-state index contributed by atoms with van der Waals surface area (Å²) in [5.74, 6) is 0. The lowest BCUT2D eigenvalue weighted by Gasteiger charge is -2.21. The fourth-order valence-corrected chi connectivity index (χ4v) is 2.19. The van der Waals surface area contributed by atoms with E-state index in [1.165, 1.54) is 16.7 Å². The molecule has 1 N–H and O–H groups in total. The van der Waals surface area contributed by atoms with Crippen LogP contribution in [0, 0.1) is 13.8 Å². The molecule has 0 bridgehead atoms. The van der Waals surface area contributed by atoms with Gasteiger partial charge in [-0.3, -0.25) is 0 Å². The van der Waals surface area contributed by atoms with Crippen molar-refractivity contribution in [1.82, 2.24) is 5.32 Å². The Balaban J connectivity index is 2.58. The minimum atomic E-state index is 0.368. The van der Waals surface area contributed by atoms with E-state index in [0.29, 0.717) is 19.3 Å². The van der Waals surface area contributed by atoms with E-state index in [9.17, 15) is 0 Å². The highest BCUT2D eigenvalue weighted by atomic mass is 16.5. The van der Waals surface area contributed by atoms with Gasteiger partial charge in [0, 0.05) is 19.8 Å². The normalized spacial score (nSPS) is 12.6. The lowest BCUT2D eigenvalue weighted by molar-refractivity contribution is 0.0658. The van der Waals surface area contributed by atoms with Gasteiger partial charge in [0.15, 0.2) is 0 Å². The highest BCUT2D eigenvalue weighted by Gasteiger charge is 2.12. The van der Waals surface area contributed by atoms with Gasteiger partial charge in [0.2, 0.25) is 0 Å². The third-order valence-electron chi connectivity index (χ3n) is 3.24. The molecule has 0 aliphatic rings. The number of benzene rings is 1. The highest BCUT2D eigenvalue weighted by molar-refractivity contribution is 5.33. The number of hydrogen-bond acceptors (Lipinski definition) is 3. The molecule has 1 aromatic rings. The van der Waals surface area contributed by atoms with Crippen LogP contribution < -0.4 is 5.32 Å². The number of rotatable bonds is 9. The molecule has 108 valence electrons. The molecule has 1 unspecified atom stereocenters. The van der Waals surface area contributed by atoms with E-state index < -0.39 is 0 Å². The molecule has 0 radical (unpaired) electrons. The van der Waals surface area contributed by atoms with Crippen molar-refractivity contribution in [3.05, 3.63) is 34.9 Å². The molecule has 0 fully saturated rings. The Morgan fingerprint density at radius 1 is 1.16 bits per heavy atom. The first-order valence-corrected chi connectivity index (χ1v) is 7.06. The van der Waals surface area contributed by atoms with E-state index in [2.05, 4.69) is 44.3 Å². The molecule has 0 saturated heterocycles. The monoisotopic (exact) mass is 265 g/mol. The summed E-state index contributed by atoms with van der Waals surface area (Å²) in [5, 5.41) is 3.55. The Morgan fingerprint density at radius 3 is 2.63 bits per heavy atom. The van der Waals surface area contributed by atoms with Gasteiger partial charge in [0.1, 0.15) is 0 Å². The number of ether oxygens (including phenoxy) is 2. The standard InChI is InChI=1S/C16H27NO2/c1-5-17-16(8-9-19-11-10-18-4)15-12-13(2)6-7-14(15)3/h6-7,12,16-17H,5,8-11H2,1-4H3. The van der Waals surface area contributed by atoms with Crippen LogP contribution in [0.2, 0.25) is 0 Å². The van der Waals surface area contributed by atoms with Crippen molar-refractivity contribution in [2.24, 2.45) is 0 Å². The van der Waals surface area contributed by atoms with E-state index in [-0.39, 0.29) is 0 Å². The summed E-state index contributed by atoms with van der Waals surface area (Å²) in [6.07, 6.45) is 0.988. The number of methoxy groups -OCH3 is 1. The first-order valence-electron chi connectivity index (χ1n) is 7.06. The summed E-state index contributed by atoms with van der Waals surface area (Å²) in [5.41, 5.74) is 4.04. The molecule has 1 rings (SSSR count). The summed E-state index contributed by atoms with van der Waals surface area (Å²) < 4.78 is 10.6. The van der Waals surface area contributed by atoms with Crippen molar-refractivity contribution in [1.29, 1.82) is 0 Å². The summed E-state index contributed by atoms with van der Waals surface area (Å²) in [6, 6.07) is 7.00. The van der Waals surface area contributed by atoms with E-state index >= 15 is 0 Å². The van der Waals surface area contributed by atoms with E-state index in [1.807, 2.05) is 0 Å². The summed E-state index contributed by atoms with van der Waals surface area (Å²) in [4.78, 5) is 0. The van der Waals surface area contributed by atoms with Crippen LogP contribution in [0.4, 0.5) is 0 Å². The van der Waals surface area contributed by atoms with Gasteiger partial charge in [-0.2, -0.15) is 0 Å². The maximum atomic E-state index is 5.58. The Labute approximate surface area is 117 Å². The molecule has 0 aromatic heterocycles. The van der Waals surface area contributed by atoms with Crippen LogP contribution in [0.5, 0.6) is 0 Å². The lowest BCUT2D eigenvalue weighted by atomic mass is 9.97. The zero-order valence-electron chi connectivity index (χ0n) is 12.7. The molecule has 0 spiro atoms. The molecule has 19 heavy (non-hydrogen) atoms. The molecule has 0 heterocycles. The van der Waals surface area contributed by atoms with Gasteiger partial charge in [0.05, 0.1) is 13.2 Å². The minimum Gasteiger partial charge on any atom is -0.382 e. The first kappa shape index (κ1) is 16.2. The van der Waals surface area contributed by atoms with Crippen LogP contribution in [0.25, 0.3) is 0 Å². The SMILES string of the molecule is CCNC(CCOCCOC)c1cc(C)ccc1C. The lowest BCUT2D eigenvalue weighted by Crippen LogP contribution is -2.23. The Kier molecular flexibility index (Phi) is 7.72. The predicted molar refractivity (Wildman–Crippen MR) is 79.6 cm³/mol. The molecule has 0 aliphatic carbocycles. The molecule has 3 heteroatoms. The van der Waals surface area contributed by atoms with Gasteiger partial charge in [-0.1, -0.05) is 30.7 Å². The van der Waals surface area contributed by atoms with Crippen molar-refractivity contribution in [2.75, 3.05) is 33.5 Å². The molecular formula is C16H27NO2. The topological polar surface area (TPSA) is 30.5 Å². The first-order chi connectivity index (χ1) is 9.19. The molecule has 0 saturated carbocycles. The fourth-order valence-electron chi connectivity index (χ4n) is 2.19. The maximum Gasteiger partial charge on any atom is 0.0700 e. The quantitative estimate of drug-likeness (QED) is 0.696. The van der Waals surface area contributed by atoms with E-state index in [4.69, 9.17) is 9.47 Å². The molecule has 1 atom stereocenters. The summed E-state index contributed by atoms with van der Waals surface area (Å²) in [7, 11) is 1.70. The second-order valence-electron chi connectivity index (χ2n) is 4.86. The molecule has 3 nitrogen and oxygen atoms in total. The third-order valence-corrected chi connectivity index (χ3v) is 3.24. The van der Waals surface area contributed by atoms with Crippen LogP contribution in [0.15, 0.2) is 18.2 Å². The van der Waals surface area contributed by atoms with Crippen molar-refractivity contribution in [3.63, 3.8) is 0 Å².